The summed E-state index contributed by atoms with van der Waals surface area (Å²) in [6, 6.07) is 10.5. The van der Waals surface area contributed by atoms with E-state index in [1.807, 2.05) is 0 Å². The molecule has 0 radical (unpaired) electrons. The molecule has 2 aromatic carbocycles. The van der Waals surface area contributed by atoms with Crippen LogP contribution >= 0.6 is 0 Å². The molecular formula is C19H11N5O8. The van der Waals surface area contributed by atoms with Crippen molar-refractivity contribution in [3.63, 3.8) is 0 Å². The molecule has 0 bridgehead atoms. The predicted octanol–water partition coefficient (Wildman–Crippen LogP) is 3.68. The van der Waals surface area contributed by atoms with E-state index in [9.17, 15) is 35.1 Å². The fourth-order valence-corrected chi connectivity index (χ4v) is 3.29. The summed E-state index contributed by atoms with van der Waals surface area (Å²) >= 11 is 0. The second-order valence-electron chi connectivity index (χ2n) is 6.64. The van der Waals surface area contributed by atoms with Gasteiger partial charge >= 0.3 is 11.3 Å². The normalized spacial score (nSPS) is 10.9. The van der Waals surface area contributed by atoms with E-state index in [0.717, 1.165) is 0 Å². The molecule has 0 spiro atoms. The number of nitro groups is 3. The van der Waals surface area contributed by atoms with Gasteiger partial charge in [-0.3, -0.25) is 30.3 Å². The summed E-state index contributed by atoms with van der Waals surface area (Å²) in [5, 5.41) is 37.8. The van der Waals surface area contributed by atoms with Crippen molar-refractivity contribution in [2.45, 2.75) is 6.92 Å². The lowest BCUT2D eigenvalue weighted by molar-refractivity contribution is -0.387. The highest BCUT2D eigenvalue weighted by atomic mass is 16.6. The molecule has 32 heavy (non-hydrogen) atoms. The van der Waals surface area contributed by atoms with Crippen molar-refractivity contribution in [3.8, 4) is 16.9 Å². The molecule has 160 valence electrons. The molecule has 0 aliphatic rings. The highest BCUT2D eigenvalue weighted by Crippen LogP contribution is 2.35. The van der Waals surface area contributed by atoms with E-state index in [1.165, 1.54) is 60.1 Å². The summed E-state index contributed by atoms with van der Waals surface area (Å²) < 4.78 is 6.41. The van der Waals surface area contributed by atoms with Gasteiger partial charge in [-0.25, -0.2) is 4.79 Å². The lowest BCUT2D eigenvalue weighted by atomic mass is 10.1. The van der Waals surface area contributed by atoms with E-state index >= 15 is 0 Å². The van der Waals surface area contributed by atoms with Gasteiger partial charge in [0.15, 0.2) is 0 Å². The van der Waals surface area contributed by atoms with Crippen molar-refractivity contribution in [2.75, 3.05) is 0 Å². The van der Waals surface area contributed by atoms with Gasteiger partial charge in [-0.1, -0.05) is 0 Å². The molecule has 4 aromatic rings. The smallest absolute Gasteiger partial charge is 0.398 e. The number of aromatic nitrogens is 2. The van der Waals surface area contributed by atoms with Gasteiger partial charge in [0.25, 0.3) is 11.4 Å². The summed E-state index contributed by atoms with van der Waals surface area (Å²) in [5.74, 6) is 0. The molecule has 13 nitrogen and oxygen atoms in total. The van der Waals surface area contributed by atoms with Crippen molar-refractivity contribution >= 4 is 28.2 Å². The summed E-state index contributed by atoms with van der Waals surface area (Å²) in [6.45, 7) is 1.37. The predicted molar refractivity (Wildman–Crippen MR) is 110 cm³/mol. The Balaban J connectivity index is 2.03. The van der Waals surface area contributed by atoms with Crippen molar-refractivity contribution in [3.05, 3.63) is 94.9 Å². The third-order valence-corrected chi connectivity index (χ3v) is 4.80. The van der Waals surface area contributed by atoms with Crippen LogP contribution in [0.2, 0.25) is 0 Å². The number of benzene rings is 2. The molecule has 2 aromatic heterocycles. The molecule has 0 amide bonds. The quantitative estimate of drug-likeness (QED) is 0.332. The second-order valence-corrected chi connectivity index (χ2v) is 6.64. The Labute approximate surface area is 176 Å². The number of fused-ring (bicyclic) bond motifs is 1. The molecule has 0 N–H and O–H groups in total. The molecule has 0 fully saturated rings. The minimum absolute atomic E-state index is 0.00256. The number of hydrogen-bond donors (Lipinski definition) is 0. The first-order valence-electron chi connectivity index (χ1n) is 8.89. The lowest BCUT2D eigenvalue weighted by Gasteiger charge is -2.02. The SMILES string of the molecule is Cc1c([N+](=O)[O-])c(=O)oc2c1c(-c1ccc([N+](=O)[O-])cc1)nn2-c1ccc([N+](=O)[O-])cc1. The van der Waals surface area contributed by atoms with Crippen LogP contribution in [-0.2, 0) is 0 Å². The zero-order valence-corrected chi connectivity index (χ0v) is 16.1. The van der Waals surface area contributed by atoms with Gasteiger partial charge in [-0.15, -0.1) is 0 Å². The van der Waals surface area contributed by atoms with Gasteiger partial charge in [-0.2, -0.15) is 9.78 Å². The summed E-state index contributed by atoms with van der Waals surface area (Å²) in [6.07, 6.45) is 0. The highest BCUT2D eigenvalue weighted by molar-refractivity contribution is 5.95. The van der Waals surface area contributed by atoms with Crippen LogP contribution in [-0.4, -0.2) is 24.6 Å². The van der Waals surface area contributed by atoms with Crippen LogP contribution in [0, 0.1) is 37.3 Å². The third kappa shape index (κ3) is 3.23. The molecule has 2 heterocycles. The molecule has 0 saturated heterocycles. The maximum Gasteiger partial charge on any atom is 0.416 e. The van der Waals surface area contributed by atoms with Gasteiger partial charge in [-0.05, 0) is 31.2 Å². The van der Waals surface area contributed by atoms with E-state index < -0.39 is 26.1 Å². The Bertz CT molecular complexity index is 1470. The maximum absolute atomic E-state index is 12.3. The molecule has 0 saturated carbocycles. The average Bonchev–Trinajstić information content (AvgIpc) is 3.13. The Morgan fingerprint density at radius 2 is 1.38 bits per heavy atom. The number of aryl methyl sites for hydroxylation is 1. The topological polar surface area (TPSA) is 177 Å². The first kappa shape index (κ1) is 20.3. The Hall–Kier alpha value is -4.94. The zero-order valence-electron chi connectivity index (χ0n) is 16.1. The summed E-state index contributed by atoms with van der Waals surface area (Å²) in [7, 11) is 0. The van der Waals surface area contributed by atoms with Crippen LogP contribution in [0.25, 0.3) is 28.0 Å². The first-order valence-corrected chi connectivity index (χ1v) is 8.89. The fourth-order valence-electron chi connectivity index (χ4n) is 3.29. The second kappa shape index (κ2) is 7.39. The van der Waals surface area contributed by atoms with Crippen LogP contribution in [0.5, 0.6) is 0 Å². The van der Waals surface area contributed by atoms with Crippen LogP contribution in [0.4, 0.5) is 17.1 Å². The minimum Gasteiger partial charge on any atom is -0.398 e. The molecule has 0 atom stereocenters. The van der Waals surface area contributed by atoms with E-state index in [4.69, 9.17) is 4.42 Å². The van der Waals surface area contributed by atoms with Crippen molar-refractivity contribution in [2.24, 2.45) is 0 Å². The van der Waals surface area contributed by atoms with Gasteiger partial charge in [0, 0.05) is 35.4 Å². The molecule has 0 unspecified atom stereocenters. The van der Waals surface area contributed by atoms with E-state index in [2.05, 4.69) is 5.10 Å². The third-order valence-electron chi connectivity index (χ3n) is 4.80. The maximum atomic E-state index is 12.3. The van der Waals surface area contributed by atoms with E-state index in [1.54, 1.807) is 0 Å². The Kier molecular flexibility index (Phi) is 4.70. The van der Waals surface area contributed by atoms with Crippen molar-refractivity contribution in [1.82, 2.24) is 9.78 Å². The molecular weight excluding hydrogens is 426 g/mol. The monoisotopic (exact) mass is 437 g/mol. The standard InChI is InChI=1S/C19H11N5O8/c1-10-15-16(11-2-4-13(5-3-11)22(26)27)20-21(12-6-8-14(9-7-12)23(28)29)18(15)32-19(25)17(10)24(30)31/h2-9H,1H3. The van der Waals surface area contributed by atoms with Gasteiger partial charge in [0.2, 0.25) is 5.71 Å². The van der Waals surface area contributed by atoms with Crippen molar-refractivity contribution < 1.29 is 19.2 Å². The average molecular weight is 437 g/mol. The largest absolute Gasteiger partial charge is 0.416 e. The molecule has 0 aliphatic heterocycles. The molecule has 4 rings (SSSR count). The minimum atomic E-state index is -1.18. The zero-order chi connectivity index (χ0) is 23.2. The van der Waals surface area contributed by atoms with Crippen LogP contribution in [0.3, 0.4) is 0 Å². The highest BCUT2D eigenvalue weighted by Gasteiger charge is 2.28. The number of hydrogen-bond acceptors (Lipinski definition) is 9. The van der Waals surface area contributed by atoms with Gasteiger partial charge < -0.3 is 4.42 Å². The number of non-ortho nitro benzene ring substituents is 2. The number of nitro benzene ring substituents is 2. The van der Waals surface area contributed by atoms with Crippen molar-refractivity contribution in [1.29, 1.82) is 0 Å². The van der Waals surface area contributed by atoms with Crippen LogP contribution in [0.15, 0.2) is 57.7 Å². The molecule has 0 aliphatic carbocycles. The van der Waals surface area contributed by atoms with Gasteiger partial charge in [0.1, 0.15) is 5.69 Å². The Morgan fingerprint density at radius 1 is 0.844 bits per heavy atom. The summed E-state index contributed by atoms with van der Waals surface area (Å²) in [5.41, 5.74) is -1.53. The first-order chi connectivity index (χ1) is 15.2. The van der Waals surface area contributed by atoms with E-state index in [0.29, 0.717) is 11.3 Å². The summed E-state index contributed by atoms with van der Waals surface area (Å²) in [4.78, 5) is 43.5. The van der Waals surface area contributed by atoms with Crippen LogP contribution in [0.1, 0.15) is 5.56 Å². The molecule has 13 heteroatoms. The Morgan fingerprint density at radius 3 is 1.88 bits per heavy atom. The van der Waals surface area contributed by atoms with Crippen LogP contribution < -0.4 is 5.63 Å². The number of rotatable bonds is 5. The lowest BCUT2D eigenvalue weighted by Crippen LogP contribution is -2.10. The van der Waals surface area contributed by atoms with E-state index in [-0.39, 0.29) is 33.7 Å². The fraction of sp³-hybridized carbons (Fsp3) is 0.0526. The number of nitrogens with zero attached hydrogens (tertiary/aromatic N) is 5. The van der Waals surface area contributed by atoms with Gasteiger partial charge in [0.05, 0.1) is 25.8 Å².